The lowest BCUT2D eigenvalue weighted by atomic mass is 9.87. The van der Waals surface area contributed by atoms with Crippen molar-refractivity contribution in [3.8, 4) is 68.3 Å². The van der Waals surface area contributed by atoms with Gasteiger partial charge in [0.25, 0.3) is 0 Å². The lowest BCUT2D eigenvalue weighted by molar-refractivity contribution is 0.0631. The molecule has 0 bridgehead atoms. The van der Waals surface area contributed by atoms with Crippen molar-refractivity contribution in [2.75, 3.05) is 61.9 Å². The minimum atomic E-state index is -0.356. The average molecular weight is 1840 g/mol. The van der Waals surface area contributed by atoms with Crippen LogP contribution in [0.3, 0.4) is 0 Å². The van der Waals surface area contributed by atoms with Crippen molar-refractivity contribution >= 4 is 23.8 Å². The van der Waals surface area contributed by atoms with Crippen LogP contribution in [-0.2, 0) is 32.0 Å². The molecule has 30 heteroatoms. The number of nitrogens with zero attached hydrogens (tertiary/aromatic N) is 16. The number of nitrogens with one attached hydrogen (secondary N) is 4. The molecule has 8 aromatic heterocycles. The first-order chi connectivity index (χ1) is 62.8. The van der Waals surface area contributed by atoms with Gasteiger partial charge in [-0.15, -0.1) is 0 Å². The second-order valence-electron chi connectivity index (χ2n) is 35.9. The Morgan fingerprint density at radius 2 is 0.634 bits per heavy atom. The molecule has 4 aliphatic carbocycles. The van der Waals surface area contributed by atoms with Crippen LogP contribution < -0.4 is 44.0 Å². The van der Waals surface area contributed by atoms with Crippen LogP contribution in [0.4, 0.5) is 32.6 Å². The van der Waals surface area contributed by atoms with Crippen LogP contribution in [0.1, 0.15) is 225 Å². The molecule has 0 spiro atoms. The number of aromatic nitrogens is 16. The molecule has 4 saturated carbocycles. The van der Waals surface area contributed by atoms with E-state index in [4.69, 9.17) is 38.9 Å². The monoisotopic (exact) mass is 1840 g/mol. The van der Waals surface area contributed by atoms with E-state index in [1.165, 1.54) is 75.6 Å². The molecule has 4 N–H and O–H groups in total. The summed E-state index contributed by atoms with van der Waals surface area (Å²) in [4.78, 5) is 90.3. The summed E-state index contributed by atoms with van der Waals surface area (Å²) >= 11 is 0. The second kappa shape index (κ2) is 50.5. The number of hydrogen-bond acceptors (Lipinski definition) is 20. The molecule has 16 rings (SSSR count). The lowest BCUT2D eigenvalue weighted by Crippen LogP contribution is -2.28. The molecular weight excluding hydrogens is 1700 g/mol. The largest absolute Gasteiger partial charge is 0.383 e. The van der Waals surface area contributed by atoms with E-state index in [0.29, 0.717) is 127 Å². The zero-order valence-electron chi connectivity index (χ0n) is 77.8. The third-order valence-electron chi connectivity index (χ3n) is 25.1. The van der Waals surface area contributed by atoms with Gasteiger partial charge >= 0.3 is 22.8 Å². The van der Waals surface area contributed by atoms with Crippen molar-refractivity contribution in [1.82, 2.24) is 76.4 Å². The van der Waals surface area contributed by atoms with Crippen molar-refractivity contribution < 1.29 is 27.7 Å². The highest BCUT2D eigenvalue weighted by molar-refractivity contribution is 5.63. The normalized spacial score (nSPS) is 18.9. The van der Waals surface area contributed by atoms with E-state index in [1.807, 2.05) is 128 Å². The highest BCUT2D eigenvalue weighted by Gasteiger charge is 2.29. The number of rotatable bonds is 30. The van der Waals surface area contributed by atoms with Gasteiger partial charge in [0.2, 0.25) is 23.8 Å². The summed E-state index contributed by atoms with van der Waals surface area (Å²) in [5.74, 6) is 4.74. The van der Waals surface area contributed by atoms with Crippen molar-refractivity contribution in [1.29, 1.82) is 0 Å². The first-order valence-electron chi connectivity index (χ1n) is 46.4. The molecule has 0 radical (unpaired) electrons. The number of benzene rings is 4. The van der Waals surface area contributed by atoms with Crippen LogP contribution in [0.5, 0.6) is 0 Å². The number of methoxy groups -OCH3 is 2. The van der Waals surface area contributed by atoms with Crippen LogP contribution >= 0.6 is 0 Å². The molecule has 0 amide bonds. The Morgan fingerprint density at radius 1 is 0.366 bits per heavy atom. The van der Waals surface area contributed by atoms with E-state index >= 15 is 0 Å². The molecule has 4 aromatic carbocycles. The van der Waals surface area contributed by atoms with E-state index in [-0.39, 0.29) is 88.4 Å². The van der Waals surface area contributed by atoms with E-state index in [0.717, 1.165) is 115 Å². The topological polar surface area (TPSA) is 296 Å². The fourth-order valence-corrected chi connectivity index (χ4v) is 17.7. The quantitative estimate of drug-likeness (QED) is 0.0325. The molecule has 0 saturated heterocycles. The van der Waals surface area contributed by atoms with Crippen LogP contribution in [0.2, 0.25) is 0 Å². The first-order valence-corrected chi connectivity index (χ1v) is 46.4. The highest BCUT2D eigenvalue weighted by Crippen LogP contribution is 2.34. The van der Waals surface area contributed by atoms with Gasteiger partial charge in [-0.05, 0) is 290 Å². The van der Waals surface area contributed by atoms with Gasteiger partial charge in [0.15, 0.2) is 0 Å². The SMILES string of the molecule is C.C.C.C.CCOC(C)Cn1cc(-c2ccnc(NC3CCC(C)CC3)n2)n(-c2ccc(F)cc2)c1=O.CCOC(C)Cn1cc(-c2ccnc(NC3CCC(C)CC3)n2)n(-c2cccc(C)c2)c1=O.COCC(C)n1cc(-c2ccnc(NC3CCC(C)CC3)n2)n(-c2ccc(F)cc2)c1=O.COCC(C)n1cc(-c2ccnc(NC3CCC(C)CC3)n2)n(-c2cccc(C)c2)c1=O. The van der Waals surface area contributed by atoms with Crippen molar-refractivity contribution in [3.63, 3.8) is 0 Å². The predicted octanol–water partition coefficient (Wildman–Crippen LogP) is 21.1. The van der Waals surface area contributed by atoms with Gasteiger partial charge in [-0.2, -0.15) is 0 Å². The second-order valence-corrected chi connectivity index (χ2v) is 35.9. The molecule has 28 nitrogen and oxygen atoms in total. The van der Waals surface area contributed by atoms with Gasteiger partial charge in [0, 0.05) is 101 Å². The fourth-order valence-electron chi connectivity index (χ4n) is 17.7. The highest BCUT2D eigenvalue weighted by atomic mass is 19.1. The summed E-state index contributed by atoms with van der Waals surface area (Å²) in [6.45, 7) is 27.9. The summed E-state index contributed by atoms with van der Waals surface area (Å²) in [6, 6.07) is 36.2. The van der Waals surface area contributed by atoms with Crippen molar-refractivity contribution in [2.45, 2.75) is 277 Å². The Kier molecular flexibility index (Phi) is 39.9. The maximum Gasteiger partial charge on any atom is 0.333 e. The molecule has 4 unspecified atom stereocenters. The van der Waals surface area contributed by atoms with Gasteiger partial charge < -0.3 is 40.2 Å². The number of imidazole rings is 4. The minimum Gasteiger partial charge on any atom is -0.383 e. The Hall–Kier alpha value is -11.9. The average Bonchev–Trinajstić information content (AvgIpc) is 1.62. The number of hydrogen-bond donors (Lipinski definition) is 4. The van der Waals surface area contributed by atoms with Crippen molar-refractivity contribution in [2.24, 2.45) is 23.7 Å². The van der Waals surface area contributed by atoms with Gasteiger partial charge in [0.05, 0.1) is 119 Å². The fraction of sp³-hybridized carbons (Fsp3) is 0.500. The molecule has 4 atom stereocenters. The van der Waals surface area contributed by atoms with Gasteiger partial charge in [-0.3, -0.25) is 36.5 Å². The first kappa shape index (κ1) is 106. The number of anilines is 4. The molecule has 724 valence electrons. The minimum absolute atomic E-state index is 0. The van der Waals surface area contributed by atoms with Crippen molar-refractivity contribution in [3.05, 3.63) is 236 Å². The van der Waals surface area contributed by atoms with Gasteiger partial charge in [0.1, 0.15) is 11.6 Å². The summed E-state index contributed by atoms with van der Waals surface area (Å²) in [7, 11) is 3.25. The van der Waals surface area contributed by atoms with E-state index in [9.17, 15) is 28.0 Å². The summed E-state index contributed by atoms with van der Waals surface area (Å²) in [5, 5.41) is 13.9. The standard InChI is InChI=1S/C26H35N5O2.C25H32FN5O2.C25H33N5O2.C24H30FN5O2.4CH4/c1-5-33-20(4)16-30-17-24(31(26(30)32)22-8-6-7-19(3)15-22)23-13-14-27-25(29-23)28-21-11-9-18(2)10-12-21;1-4-33-18(3)15-30-16-23(31(25(30)32)21-11-7-19(26)8-12-21)22-13-14-27-24(29-22)28-20-9-5-17(2)6-10-20;1-17-8-10-20(11-9-17)27-24-26-13-12-22(28-24)23-15-29(19(3)16-32-4)25(31)30(23)21-7-5-6-18(2)14-21;1-16-4-8-19(9-5-16)27-23-26-13-12-21(28-23)22-14-29(17(2)15-32-3)24(31)30(22)20-10-6-18(25)7-11-20;;;;/h6-8,13-15,17-18,20-21H,5,9-12,16H2,1-4H3,(H,27,28,29);7-8,11-14,16-18,20H,4-6,9-10,15H2,1-3H3,(H,27,28,29);5-7,12-15,17,19-20H,8-11,16H2,1-4H3,(H,26,27,28);6-7,10-14,16-17,19H,4-5,8-9,15H2,1-3H3,(H,26,27,28);4*1H4. The van der Waals surface area contributed by atoms with E-state index < -0.39 is 0 Å². The van der Waals surface area contributed by atoms with Crippen LogP contribution in [-0.4, -0.2) is 153 Å². The van der Waals surface area contributed by atoms with Gasteiger partial charge in [-0.25, -0.2) is 67.8 Å². The maximum atomic E-state index is 13.6. The Labute approximate surface area is 790 Å². The Balaban J connectivity index is 0.000000199. The molecule has 4 fully saturated rings. The maximum absolute atomic E-state index is 13.6. The zero-order valence-corrected chi connectivity index (χ0v) is 77.8. The third-order valence-corrected chi connectivity index (χ3v) is 25.1. The Morgan fingerprint density at radius 3 is 0.910 bits per heavy atom. The van der Waals surface area contributed by atoms with Crippen LogP contribution in [0, 0.1) is 49.2 Å². The molecule has 12 aromatic rings. The smallest absolute Gasteiger partial charge is 0.333 e. The number of halogens is 2. The van der Waals surface area contributed by atoms with Crippen LogP contribution in [0.15, 0.2) is 190 Å². The number of ether oxygens (including phenoxy) is 4. The zero-order chi connectivity index (χ0) is 92.1. The summed E-state index contributed by atoms with van der Waals surface area (Å²) in [6.07, 6.45) is 32.7. The molecular formula is C104H146F2N20O8. The lowest BCUT2D eigenvalue weighted by Gasteiger charge is -2.26. The number of aryl methyl sites for hydroxylation is 2. The third kappa shape index (κ3) is 27.7. The Bertz CT molecular complexity index is 5890. The van der Waals surface area contributed by atoms with Gasteiger partial charge in [-0.1, -0.05) is 81.7 Å². The van der Waals surface area contributed by atoms with Crippen LogP contribution in [0.25, 0.3) is 68.3 Å². The molecule has 0 aliphatic heterocycles. The molecule has 4 aliphatic rings. The molecule has 8 heterocycles. The van der Waals surface area contributed by atoms with E-state index in [2.05, 4.69) is 68.9 Å². The molecule has 134 heavy (non-hydrogen) atoms. The predicted molar refractivity (Wildman–Crippen MR) is 536 cm³/mol. The summed E-state index contributed by atoms with van der Waals surface area (Å²) in [5.41, 5.74) is 9.74. The van der Waals surface area contributed by atoms with E-state index in [1.54, 1.807) is 124 Å². The summed E-state index contributed by atoms with van der Waals surface area (Å²) < 4.78 is 62.2.